The van der Waals surface area contributed by atoms with Crippen LogP contribution in [0.25, 0.3) is 0 Å². The first-order valence-electron chi connectivity index (χ1n) is 5.09. The molecule has 0 aromatic heterocycles. The molecule has 0 radical (unpaired) electrons. The van der Waals surface area contributed by atoms with Gasteiger partial charge in [0.25, 0.3) is 0 Å². The molecule has 5 heteroatoms. The molecule has 0 saturated carbocycles. The lowest BCUT2D eigenvalue weighted by Gasteiger charge is -2.17. The van der Waals surface area contributed by atoms with Gasteiger partial charge in [0.1, 0.15) is 6.04 Å². The summed E-state index contributed by atoms with van der Waals surface area (Å²) in [6.07, 6.45) is 0.384. The first-order valence-corrected chi connectivity index (χ1v) is 6.24. The van der Waals surface area contributed by atoms with Gasteiger partial charge in [-0.05, 0) is 11.7 Å². The average molecular weight is 233 g/mol. The first kappa shape index (κ1) is 14.3. The number of rotatable bonds is 7. The van der Waals surface area contributed by atoms with E-state index in [-0.39, 0.29) is 11.8 Å². The number of carboxylic acids is 1. The largest absolute Gasteiger partial charge is 0.480 e. The average Bonchev–Trinajstić information content (AvgIpc) is 2.13. The van der Waals surface area contributed by atoms with Crippen molar-refractivity contribution < 1.29 is 14.7 Å². The van der Waals surface area contributed by atoms with Gasteiger partial charge in [-0.2, -0.15) is 11.8 Å². The normalized spacial score (nSPS) is 12.5. The number of carbonyl (C=O) groups is 2. The summed E-state index contributed by atoms with van der Waals surface area (Å²) in [5, 5.41) is 11.4. The minimum atomic E-state index is -0.971. The summed E-state index contributed by atoms with van der Waals surface area (Å²) < 4.78 is 0. The van der Waals surface area contributed by atoms with Crippen LogP contribution in [-0.2, 0) is 9.59 Å². The van der Waals surface area contributed by atoms with E-state index in [1.807, 2.05) is 6.92 Å². The molecule has 0 bridgehead atoms. The van der Waals surface area contributed by atoms with E-state index in [4.69, 9.17) is 5.11 Å². The van der Waals surface area contributed by atoms with Gasteiger partial charge in [-0.15, -0.1) is 0 Å². The number of hydrogen-bond donors (Lipinski definition) is 2. The number of nitrogens with one attached hydrogen (secondary N) is 1. The number of hydrogen-bond acceptors (Lipinski definition) is 3. The summed E-state index contributed by atoms with van der Waals surface area (Å²) in [4.78, 5) is 22.1. The zero-order chi connectivity index (χ0) is 11.8. The van der Waals surface area contributed by atoms with Crippen LogP contribution in [0.2, 0.25) is 0 Å². The third-order valence-electron chi connectivity index (χ3n) is 1.93. The highest BCUT2D eigenvalue weighted by atomic mass is 32.2. The van der Waals surface area contributed by atoms with Gasteiger partial charge in [0.15, 0.2) is 0 Å². The maximum atomic E-state index is 11.3. The van der Waals surface area contributed by atoms with Crippen LogP contribution in [0, 0.1) is 5.92 Å². The van der Waals surface area contributed by atoms with Gasteiger partial charge in [0.2, 0.25) is 5.91 Å². The van der Waals surface area contributed by atoms with Crippen LogP contribution in [0.3, 0.4) is 0 Å². The molecule has 0 fully saturated rings. The van der Waals surface area contributed by atoms with Crippen LogP contribution in [0.15, 0.2) is 0 Å². The third-order valence-corrected chi connectivity index (χ3v) is 2.83. The Labute approximate surface area is 94.8 Å². The molecule has 0 saturated heterocycles. The van der Waals surface area contributed by atoms with E-state index in [2.05, 4.69) is 5.32 Å². The fraction of sp³-hybridized carbons (Fsp3) is 0.800. The Kier molecular flexibility index (Phi) is 7.21. The zero-order valence-corrected chi connectivity index (χ0v) is 10.3. The van der Waals surface area contributed by atoms with E-state index in [1.165, 1.54) is 0 Å². The minimum absolute atomic E-state index is 0.0923. The van der Waals surface area contributed by atoms with Gasteiger partial charge in [0.05, 0.1) is 0 Å². The van der Waals surface area contributed by atoms with Crippen LogP contribution in [0.5, 0.6) is 0 Å². The number of amides is 1. The van der Waals surface area contributed by atoms with Crippen molar-refractivity contribution in [1.82, 2.24) is 5.32 Å². The molecule has 2 N–H and O–H groups in total. The summed E-state index contributed by atoms with van der Waals surface area (Å²) in [5.41, 5.74) is 0. The zero-order valence-electron chi connectivity index (χ0n) is 9.45. The summed E-state index contributed by atoms with van der Waals surface area (Å²) in [5.74, 6) is 0.468. The second-order valence-electron chi connectivity index (χ2n) is 3.57. The summed E-state index contributed by atoms with van der Waals surface area (Å²) in [7, 11) is 0. The van der Waals surface area contributed by atoms with Crippen molar-refractivity contribution in [3.05, 3.63) is 0 Å². The van der Waals surface area contributed by atoms with Crippen molar-refractivity contribution in [2.45, 2.75) is 33.2 Å². The minimum Gasteiger partial charge on any atom is -0.480 e. The molecular weight excluding hydrogens is 214 g/mol. The maximum Gasteiger partial charge on any atom is 0.326 e. The van der Waals surface area contributed by atoms with Gasteiger partial charge in [-0.3, -0.25) is 4.79 Å². The Bertz CT molecular complexity index is 219. The van der Waals surface area contributed by atoms with Crippen LogP contribution in [-0.4, -0.2) is 34.5 Å². The molecule has 1 amide bonds. The molecule has 0 aliphatic carbocycles. The Morgan fingerprint density at radius 1 is 1.40 bits per heavy atom. The molecule has 0 aromatic rings. The molecule has 0 aromatic carbocycles. The highest BCUT2D eigenvalue weighted by Crippen LogP contribution is 2.04. The molecule has 0 aliphatic heterocycles. The monoisotopic (exact) mass is 233 g/mol. The molecule has 88 valence electrons. The van der Waals surface area contributed by atoms with Crippen LogP contribution < -0.4 is 5.32 Å². The molecule has 0 rings (SSSR count). The lowest BCUT2D eigenvalue weighted by molar-refractivity contribution is -0.143. The van der Waals surface area contributed by atoms with Gasteiger partial charge >= 0.3 is 5.97 Å². The van der Waals surface area contributed by atoms with Gasteiger partial charge < -0.3 is 10.4 Å². The van der Waals surface area contributed by atoms with E-state index >= 15 is 0 Å². The van der Waals surface area contributed by atoms with Crippen molar-refractivity contribution in [3.63, 3.8) is 0 Å². The SMILES string of the molecule is CCSCCC(=O)NC(C(=O)O)C(C)C. The summed E-state index contributed by atoms with van der Waals surface area (Å²) in [6.45, 7) is 5.58. The highest BCUT2D eigenvalue weighted by Gasteiger charge is 2.22. The summed E-state index contributed by atoms with van der Waals surface area (Å²) in [6, 6.07) is -0.774. The lowest BCUT2D eigenvalue weighted by Crippen LogP contribution is -2.44. The summed E-state index contributed by atoms with van der Waals surface area (Å²) >= 11 is 1.67. The topological polar surface area (TPSA) is 66.4 Å². The number of carbonyl (C=O) groups excluding carboxylic acids is 1. The highest BCUT2D eigenvalue weighted by molar-refractivity contribution is 7.99. The van der Waals surface area contributed by atoms with Gasteiger partial charge in [0, 0.05) is 12.2 Å². The van der Waals surface area contributed by atoms with Crippen molar-refractivity contribution in [2.24, 2.45) is 5.92 Å². The fourth-order valence-electron chi connectivity index (χ4n) is 1.07. The van der Waals surface area contributed by atoms with Crippen LogP contribution in [0.1, 0.15) is 27.2 Å². The molecule has 1 atom stereocenters. The van der Waals surface area contributed by atoms with E-state index in [1.54, 1.807) is 25.6 Å². The molecule has 0 spiro atoms. The standard InChI is InChI=1S/C10H19NO3S/c1-4-15-6-5-8(12)11-9(7(2)3)10(13)14/h7,9H,4-6H2,1-3H3,(H,11,12)(H,13,14). The van der Waals surface area contributed by atoms with Gasteiger partial charge in [-0.1, -0.05) is 20.8 Å². The lowest BCUT2D eigenvalue weighted by atomic mass is 10.0. The van der Waals surface area contributed by atoms with Crippen molar-refractivity contribution in [1.29, 1.82) is 0 Å². The van der Waals surface area contributed by atoms with E-state index in [0.29, 0.717) is 6.42 Å². The third kappa shape index (κ3) is 6.38. The predicted octanol–water partition coefficient (Wildman–Crippen LogP) is 1.35. The van der Waals surface area contributed by atoms with Crippen molar-refractivity contribution >= 4 is 23.6 Å². The number of aliphatic carboxylic acids is 1. The van der Waals surface area contributed by atoms with Crippen LogP contribution in [0.4, 0.5) is 0 Å². The first-order chi connectivity index (χ1) is 6.99. The number of thioether (sulfide) groups is 1. The Balaban J connectivity index is 3.95. The predicted molar refractivity (Wildman–Crippen MR) is 62.0 cm³/mol. The molecule has 0 heterocycles. The molecule has 1 unspecified atom stereocenters. The van der Waals surface area contributed by atoms with Crippen molar-refractivity contribution in [2.75, 3.05) is 11.5 Å². The van der Waals surface area contributed by atoms with Gasteiger partial charge in [-0.25, -0.2) is 4.79 Å². The van der Waals surface area contributed by atoms with E-state index in [0.717, 1.165) is 11.5 Å². The second-order valence-corrected chi connectivity index (χ2v) is 4.97. The van der Waals surface area contributed by atoms with E-state index < -0.39 is 12.0 Å². The maximum absolute atomic E-state index is 11.3. The molecular formula is C10H19NO3S. The van der Waals surface area contributed by atoms with Crippen molar-refractivity contribution in [3.8, 4) is 0 Å². The smallest absolute Gasteiger partial charge is 0.326 e. The molecule has 0 aliphatic rings. The Morgan fingerprint density at radius 3 is 2.40 bits per heavy atom. The quantitative estimate of drug-likeness (QED) is 0.651. The Morgan fingerprint density at radius 2 is 2.00 bits per heavy atom. The fourth-order valence-corrected chi connectivity index (χ4v) is 1.69. The Hall–Kier alpha value is -0.710. The molecule has 15 heavy (non-hydrogen) atoms. The second kappa shape index (κ2) is 7.56. The van der Waals surface area contributed by atoms with Crippen LogP contribution >= 0.6 is 11.8 Å². The molecule has 4 nitrogen and oxygen atoms in total. The number of carboxylic acid groups (broad SMARTS) is 1. The van der Waals surface area contributed by atoms with E-state index in [9.17, 15) is 9.59 Å².